The van der Waals surface area contributed by atoms with Crippen molar-refractivity contribution < 1.29 is 18.6 Å². The van der Waals surface area contributed by atoms with Crippen molar-refractivity contribution in [2.45, 2.75) is 19.6 Å². The van der Waals surface area contributed by atoms with E-state index in [1.165, 1.54) is 0 Å². The zero-order valence-corrected chi connectivity index (χ0v) is 10.1. The molecular weight excluding hydrogens is 240 g/mol. The lowest BCUT2D eigenvalue weighted by Crippen LogP contribution is -2.20. The number of alkyl halides is 2. The molecule has 1 fully saturated rings. The van der Waals surface area contributed by atoms with Gasteiger partial charge in [-0.2, -0.15) is 8.78 Å². The predicted molar refractivity (Wildman–Crippen MR) is 63.5 cm³/mol. The summed E-state index contributed by atoms with van der Waals surface area (Å²) in [6.45, 7) is 0.106. The number of halogens is 2. The molecule has 1 aromatic carbocycles. The van der Waals surface area contributed by atoms with E-state index in [-0.39, 0.29) is 12.4 Å². The summed E-state index contributed by atoms with van der Waals surface area (Å²) in [7, 11) is 0. The smallest absolute Gasteiger partial charge is 0.387 e. The van der Waals surface area contributed by atoms with Crippen LogP contribution in [-0.4, -0.2) is 36.3 Å². The van der Waals surface area contributed by atoms with E-state index in [0.717, 1.165) is 31.6 Å². The number of hydrogen-bond acceptors (Lipinski definition) is 3. The van der Waals surface area contributed by atoms with Crippen LogP contribution in [0.15, 0.2) is 24.3 Å². The summed E-state index contributed by atoms with van der Waals surface area (Å²) in [5, 5.41) is 9.06. The van der Waals surface area contributed by atoms with Gasteiger partial charge in [-0.1, -0.05) is 12.1 Å². The average molecular weight is 257 g/mol. The van der Waals surface area contributed by atoms with Gasteiger partial charge in [0.15, 0.2) is 0 Å². The van der Waals surface area contributed by atoms with E-state index in [0.29, 0.717) is 5.92 Å². The van der Waals surface area contributed by atoms with E-state index < -0.39 is 6.61 Å². The fourth-order valence-electron chi connectivity index (χ4n) is 2.24. The van der Waals surface area contributed by atoms with Gasteiger partial charge in [0.25, 0.3) is 0 Å². The zero-order chi connectivity index (χ0) is 13.0. The molecule has 1 aliphatic rings. The Labute approximate surface area is 105 Å². The molecule has 0 radical (unpaired) electrons. The number of rotatable bonds is 5. The van der Waals surface area contributed by atoms with Crippen LogP contribution in [0.2, 0.25) is 0 Å². The van der Waals surface area contributed by atoms with Gasteiger partial charge >= 0.3 is 6.61 Å². The number of likely N-dealkylation sites (tertiary alicyclic amines) is 1. The Bertz CT molecular complexity index is 370. The number of hydrogen-bond donors (Lipinski definition) is 1. The molecule has 1 aliphatic heterocycles. The van der Waals surface area contributed by atoms with Crippen LogP contribution in [0.5, 0.6) is 5.75 Å². The molecule has 1 N–H and O–H groups in total. The molecule has 0 spiro atoms. The lowest BCUT2D eigenvalue weighted by atomic mass is 10.1. The quantitative estimate of drug-likeness (QED) is 0.876. The second-order valence-electron chi connectivity index (χ2n) is 4.59. The summed E-state index contributed by atoms with van der Waals surface area (Å²) in [6.07, 6.45) is 1.02. The van der Waals surface area contributed by atoms with Crippen LogP contribution in [0.1, 0.15) is 12.0 Å². The average Bonchev–Trinajstić information content (AvgIpc) is 2.79. The minimum atomic E-state index is -2.78. The highest BCUT2D eigenvalue weighted by atomic mass is 19.3. The number of ether oxygens (including phenoxy) is 1. The van der Waals surface area contributed by atoms with Crippen LogP contribution in [-0.2, 0) is 6.54 Å². The van der Waals surface area contributed by atoms with Gasteiger partial charge in [0, 0.05) is 19.7 Å². The molecule has 5 heteroatoms. The molecule has 18 heavy (non-hydrogen) atoms. The minimum Gasteiger partial charge on any atom is -0.435 e. The van der Waals surface area contributed by atoms with Crippen LogP contribution in [0.4, 0.5) is 8.78 Å². The Hall–Kier alpha value is -1.20. The topological polar surface area (TPSA) is 32.7 Å². The van der Waals surface area contributed by atoms with Gasteiger partial charge in [-0.25, -0.2) is 0 Å². The van der Waals surface area contributed by atoms with Crippen molar-refractivity contribution in [1.82, 2.24) is 4.90 Å². The fourth-order valence-corrected chi connectivity index (χ4v) is 2.24. The largest absolute Gasteiger partial charge is 0.435 e. The van der Waals surface area contributed by atoms with Gasteiger partial charge in [0.2, 0.25) is 0 Å². The van der Waals surface area contributed by atoms with Crippen molar-refractivity contribution >= 4 is 0 Å². The van der Waals surface area contributed by atoms with E-state index >= 15 is 0 Å². The van der Waals surface area contributed by atoms with Crippen molar-refractivity contribution in [3.05, 3.63) is 29.8 Å². The van der Waals surface area contributed by atoms with Gasteiger partial charge in [-0.05, 0) is 36.6 Å². The molecule has 1 saturated heterocycles. The van der Waals surface area contributed by atoms with Gasteiger partial charge in [0.05, 0.1) is 0 Å². The minimum absolute atomic E-state index is 0.184. The molecule has 1 aromatic rings. The Morgan fingerprint density at radius 2 is 2.06 bits per heavy atom. The zero-order valence-electron chi connectivity index (χ0n) is 10.1. The van der Waals surface area contributed by atoms with E-state index in [4.69, 9.17) is 5.11 Å². The Balaban J connectivity index is 1.87. The van der Waals surface area contributed by atoms with Crippen LogP contribution in [0.3, 0.4) is 0 Å². The highest BCUT2D eigenvalue weighted by Gasteiger charge is 2.21. The van der Waals surface area contributed by atoms with Crippen molar-refractivity contribution in [3.8, 4) is 5.75 Å². The maximum atomic E-state index is 12.0. The summed E-state index contributed by atoms with van der Waals surface area (Å²) in [4.78, 5) is 2.25. The number of nitrogens with zero attached hydrogens (tertiary/aromatic N) is 1. The molecular formula is C13H17F2NO2. The van der Waals surface area contributed by atoms with Gasteiger partial charge in [-0.3, -0.25) is 4.90 Å². The molecule has 1 unspecified atom stereocenters. The molecule has 0 saturated carbocycles. The SMILES string of the molecule is OCC1CCN(Cc2ccc(OC(F)F)cc2)C1. The summed E-state index contributed by atoms with van der Waals surface area (Å²) >= 11 is 0. The van der Waals surface area contributed by atoms with Crippen LogP contribution >= 0.6 is 0 Å². The normalized spacial score (nSPS) is 20.6. The Kier molecular flexibility index (Phi) is 4.49. The van der Waals surface area contributed by atoms with Crippen molar-refractivity contribution in [1.29, 1.82) is 0 Å². The third-order valence-electron chi connectivity index (χ3n) is 3.18. The molecule has 0 amide bonds. The standard InChI is InChI=1S/C13H17F2NO2/c14-13(15)18-12-3-1-10(2-4-12)7-16-6-5-11(8-16)9-17/h1-4,11,13,17H,5-9H2. The van der Waals surface area contributed by atoms with Crippen molar-refractivity contribution in [2.24, 2.45) is 5.92 Å². The molecule has 1 atom stereocenters. The van der Waals surface area contributed by atoms with E-state index in [9.17, 15) is 8.78 Å². The first-order chi connectivity index (χ1) is 8.67. The van der Waals surface area contributed by atoms with E-state index in [1.54, 1.807) is 24.3 Å². The summed E-state index contributed by atoms with van der Waals surface area (Å²) in [5.41, 5.74) is 1.07. The molecule has 2 rings (SSSR count). The molecule has 3 nitrogen and oxygen atoms in total. The predicted octanol–water partition coefficient (Wildman–Crippen LogP) is 2.10. The van der Waals surface area contributed by atoms with Crippen molar-refractivity contribution in [3.63, 3.8) is 0 Å². The number of aliphatic hydroxyl groups is 1. The van der Waals surface area contributed by atoms with Crippen LogP contribution in [0, 0.1) is 5.92 Å². The second-order valence-corrected chi connectivity index (χ2v) is 4.59. The molecule has 0 bridgehead atoms. The lowest BCUT2D eigenvalue weighted by molar-refractivity contribution is -0.0498. The molecule has 0 aliphatic carbocycles. The Morgan fingerprint density at radius 1 is 1.33 bits per heavy atom. The first-order valence-corrected chi connectivity index (χ1v) is 6.04. The third kappa shape index (κ3) is 3.65. The third-order valence-corrected chi connectivity index (χ3v) is 3.18. The summed E-state index contributed by atoms with van der Waals surface area (Å²) < 4.78 is 28.2. The number of aliphatic hydroxyl groups excluding tert-OH is 1. The Morgan fingerprint density at radius 3 is 2.61 bits per heavy atom. The number of benzene rings is 1. The lowest BCUT2D eigenvalue weighted by Gasteiger charge is -2.15. The highest BCUT2D eigenvalue weighted by Crippen LogP contribution is 2.20. The maximum Gasteiger partial charge on any atom is 0.387 e. The maximum absolute atomic E-state index is 12.0. The van der Waals surface area contributed by atoms with Crippen LogP contribution < -0.4 is 4.74 Å². The molecule has 0 aromatic heterocycles. The molecule has 100 valence electrons. The second kappa shape index (κ2) is 6.11. The van der Waals surface area contributed by atoms with E-state index in [2.05, 4.69) is 9.64 Å². The monoisotopic (exact) mass is 257 g/mol. The van der Waals surface area contributed by atoms with Gasteiger partial charge in [-0.15, -0.1) is 0 Å². The highest BCUT2D eigenvalue weighted by molar-refractivity contribution is 5.27. The first-order valence-electron chi connectivity index (χ1n) is 6.04. The summed E-state index contributed by atoms with van der Waals surface area (Å²) in [6, 6.07) is 6.70. The van der Waals surface area contributed by atoms with Gasteiger partial charge < -0.3 is 9.84 Å². The van der Waals surface area contributed by atoms with E-state index in [1.807, 2.05) is 0 Å². The van der Waals surface area contributed by atoms with Crippen LogP contribution in [0.25, 0.3) is 0 Å². The molecule has 1 heterocycles. The summed E-state index contributed by atoms with van der Waals surface area (Å²) in [5.74, 6) is 0.551. The first kappa shape index (κ1) is 13.2. The van der Waals surface area contributed by atoms with Crippen molar-refractivity contribution in [2.75, 3.05) is 19.7 Å². The fraction of sp³-hybridized carbons (Fsp3) is 0.538. The van der Waals surface area contributed by atoms with Gasteiger partial charge in [0.1, 0.15) is 5.75 Å².